The maximum absolute atomic E-state index is 11.0. The molecule has 0 spiro atoms. The summed E-state index contributed by atoms with van der Waals surface area (Å²) in [6, 6.07) is 2.87. The summed E-state index contributed by atoms with van der Waals surface area (Å²) in [5.74, 6) is 0.768. The molecule has 2 N–H and O–H groups in total. The van der Waals surface area contributed by atoms with E-state index in [1.165, 1.54) is 16.4 Å². The van der Waals surface area contributed by atoms with Gasteiger partial charge in [-0.05, 0) is 37.2 Å². The highest BCUT2D eigenvalue weighted by atomic mass is 32.1. The quantitative estimate of drug-likeness (QED) is 0.863. The minimum absolute atomic E-state index is 0.0770. The number of ether oxygens (including phenoxy) is 1. The highest BCUT2D eigenvalue weighted by molar-refractivity contribution is 7.05. The minimum Gasteiger partial charge on any atom is -0.480 e. The van der Waals surface area contributed by atoms with Crippen LogP contribution in [0.15, 0.2) is 6.07 Å². The highest BCUT2D eigenvalue weighted by Gasteiger charge is 2.21. The summed E-state index contributed by atoms with van der Waals surface area (Å²) in [6.45, 7) is 2.43. The average molecular weight is 283 g/mol. The topological polar surface area (TPSA) is 63.2 Å². The van der Waals surface area contributed by atoms with Gasteiger partial charge in [-0.15, -0.1) is 0 Å². The zero-order valence-corrected chi connectivity index (χ0v) is 12.3. The van der Waals surface area contributed by atoms with Crippen LogP contribution in [0, 0.1) is 0 Å². The molecule has 1 aliphatic rings. The minimum atomic E-state index is 0.0770. The smallest absolute Gasteiger partial charge is 0.225 e. The standard InChI is InChI=1S/C13H21N3O2S/c1-9(17)15-11-5-3-10(4-6-11)14-8-12-7-13(18-2)16-19-12/h7,10-11,14H,3-6,8H2,1-2H3,(H,15,17). The maximum atomic E-state index is 11.0. The lowest BCUT2D eigenvalue weighted by Crippen LogP contribution is -2.41. The number of carbonyl (C=O) groups is 1. The van der Waals surface area contributed by atoms with Gasteiger partial charge in [0.1, 0.15) is 0 Å². The second-order valence-electron chi connectivity index (χ2n) is 4.97. The third-order valence-electron chi connectivity index (χ3n) is 3.45. The Morgan fingerprint density at radius 2 is 2.11 bits per heavy atom. The van der Waals surface area contributed by atoms with Crippen molar-refractivity contribution in [1.29, 1.82) is 0 Å². The zero-order valence-electron chi connectivity index (χ0n) is 11.4. The lowest BCUT2D eigenvalue weighted by Gasteiger charge is -2.29. The molecule has 106 valence electrons. The monoisotopic (exact) mass is 283 g/mol. The summed E-state index contributed by atoms with van der Waals surface area (Å²) in [4.78, 5) is 12.2. The van der Waals surface area contributed by atoms with Crippen LogP contribution < -0.4 is 15.4 Å². The van der Waals surface area contributed by atoms with Crippen LogP contribution in [-0.2, 0) is 11.3 Å². The van der Waals surface area contributed by atoms with Crippen LogP contribution in [0.5, 0.6) is 5.88 Å². The third kappa shape index (κ3) is 4.47. The first kappa shape index (κ1) is 14.3. The average Bonchev–Trinajstić information content (AvgIpc) is 2.85. The number of nitrogens with one attached hydrogen (secondary N) is 2. The predicted molar refractivity (Wildman–Crippen MR) is 75.4 cm³/mol. The van der Waals surface area contributed by atoms with Gasteiger partial charge < -0.3 is 15.4 Å². The lowest BCUT2D eigenvalue weighted by atomic mass is 9.91. The summed E-state index contributed by atoms with van der Waals surface area (Å²) in [7, 11) is 1.63. The van der Waals surface area contributed by atoms with Gasteiger partial charge in [0, 0.05) is 36.5 Å². The van der Waals surface area contributed by atoms with Gasteiger partial charge in [0.05, 0.1) is 7.11 Å². The summed E-state index contributed by atoms with van der Waals surface area (Å²) in [5, 5.41) is 6.55. The van der Waals surface area contributed by atoms with E-state index in [9.17, 15) is 4.79 Å². The van der Waals surface area contributed by atoms with Gasteiger partial charge >= 0.3 is 0 Å². The molecule has 0 aromatic carbocycles. The third-order valence-corrected chi connectivity index (χ3v) is 4.21. The fourth-order valence-electron chi connectivity index (χ4n) is 2.45. The Hall–Kier alpha value is -1.14. The first-order valence-corrected chi connectivity index (χ1v) is 7.44. The van der Waals surface area contributed by atoms with Crippen LogP contribution >= 0.6 is 11.5 Å². The Morgan fingerprint density at radius 1 is 1.42 bits per heavy atom. The molecule has 1 fully saturated rings. The molecular weight excluding hydrogens is 262 g/mol. The molecule has 0 unspecified atom stereocenters. The number of carbonyl (C=O) groups excluding carboxylic acids is 1. The van der Waals surface area contributed by atoms with Gasteiger partial charge in [-0.2, -0.15) is 4.37 Å². The van der Waals surface area contributed by atoms with E-state index in [4.69, 9.17) is 4.74 Å². The van der Waals surface area contributed by atoms with E-state index >= 15 is 0 Å². The normalized spacial score (nSPS) is 23.1. The number of hydrogen-bond acceptors (Lipinski definition) is 5. The van der Waals surface area contributed by atoms with Crippen molar-refractivity contribution in [2.75, 3.05) is 7.11 Å². The number of nitrogens with zero attached hydrogens (tertiary/aromatic N) is 1. The van der Waals surface area contributed by atoms with Crippen molar-refractivity contribution < 1.29 is 9.53 Å². The lowest BCUT2D eigenvalue weighted by molar-refractivity contribution is -0.119. The van der Waals surface area contributed by atoms with Crippen LogP contribution in [0.1, 0.15) is 37.5 Å². The molecule has 0 saturated heterocycles. The molecule has 5 nitrogen and oxygen atoms in total. The van der Waals surface area contributed by atoms with Crippen molar-refractivity contribution >= 4 is 17.4 Å². The Labute approximate surface area is 117 Å². The number of hydrogen-bond donors (Lipinski definition) is 2. The molecule has 1 saturated carbocycles. The second kappa shape index (κ2) is 6.86. The Bertz CT molecular complexity index is 414. The summed E-state index contributed by atoms with van der Waals surface area (Å²) in [6.07, 6.45) is 4.34. The van der Waals surface area contributed by atoms with E-state index in [-0.39, 0.29) is 5.91 Å². The number of aromatic nitrogens is 1. The van der Waals surface area contributed by atoms with Gasteiger partial charge in [-0.3, -0.25) is 4.79 Å². The molecule has 2 rings (SSSR count). The Kier molecular flexibility index (Phi) is 5.15. The van der Waals surface area contributed by atoms with E-state index in [2.05, 4.69) is 15.0 Å². The number of amides is 1. The van der Waals surface area contributed by atoms with Crippen molar-refractivity contribution in [1.82, 2.24) is 15.0 Å². The van der Waals surface area contributed by atoms with Crippen molar-refractivity contribution in [2.45, 2.75) is 51.2 Å². The van der Waals surface area contributed by atoms with Gasteiger partial charge in [-0.25, -0.2) is 0 Å². The SMILES string of the molecule is COc1cc(CNC2CCC(NC(C)=O)CC2)sn1. The zero-order chi connectivity index (χ0) is 13.7. The van der Waals surface area contributed by atoms with Crippen molar-refractivity contribution in [2.24, 2.45) is 0 Å². The van der Waals surface area contributed by atoms with Gasteiger partial charge in [0.25, 0.3) is 0 Å². The Morgan fingerprint density at radius 3 is 2.68 bits per heavy atom. The summed E-state index contributed by atoms with van der Waals surface area (Å²) < 4.78 is 9.24. The molecule has 1 aromatic heterocycles. The van der Waals surface area contributed by atoms with Crippen molar-refractivity contribution in [3.63, 3.8) is 0 Å². The molecular formula is C13H21N3O2S. The van der Waals surface area contributed by atoms with Crippen LogP contribution in [-0.4, -0.2) is 29.5 Å². The first-order chi connectivity index (χ1) is 9.17. The van der Waals surface area contributed by atoms with E-state index < -0.39 is 0 Å². The van der Waals surface area contributed by atoms with Crippen LogP contribution in [0.4, 0.5) is 0 Å². The number of rotatable bonds is 5. The molecule has 0 atom stereocenters. The van der Waals surface area contributed by atoms with Crippen molar-refractivity contribution in [3.8, 4) is 5.88 Å². The predicted octanol–water partition coefficient (Wildman–Crippen LogP) is 1.69. The highest BCUT2D eigenvalue weighted by Crippen LogP contribution is 2.20. The fraction of sp³-hybridized carbons (Fsp3) is 0.692. The van der Waals surface area contributed by atoms with Crippen LogP contribution in [0.25, 0.3) is 0 Å². The molecule has 1 amide bonds. The van der Waals surface area contributed by atoms with E-state index in [0.717, 1.165) is 32.2 Å². The largest absolute Gasteiger partial charge is 0.480 e. The van der Waals surface area contributed by atoms with Gasteiger partial charge in [0.2, 0.25) is 11.8 Å². The summed E-state index contributed by atoms with van der Waals surface area (Å²) in [5.41, 5.74) is 0. The molecule has 1 heterocycles. The maximum Gasteiger partial charge on any atom is 0.225 e. The van der Waals surface area contributed by atoms with Crippen LogP contribution in [0.2, 0.25) is 0 Å². The molecule has 1 aliphatic carbocycles. The molecule has 6 heteroatoms. The van der Waals surface area contributed by atoms with Gasteiger partial charge in [0.15, 0.2) is 0 Å². The fourth-order valence-corrected chi connectivity index (χ4v) is 3.08. The van der Waals surface area contributed by atoms with E-state index in [1.807, 2.05) is 6.07 Å². The van der Waals surface area contributed by atoms with Gasteiger partial charge in [-0.1, -0.05) is 0 Å². The molecule has 1 aromatic rings. The second-order valence-corrected chi connectivity index (χ2v) is 5.86. The van der Waals surface area contributed by atoms with E-state index in [0.29, 0.717) is 18.0 Å². The summed E-state index contributed by atoms with van der Waals surface area (Å²) >= 11 is 1.48. The molecule has 19 heavy (non-hydrogen) atoms. The molecule has 0 bridgehead atoms. The molecule has 0 radical (unpaired) electrons. The van der Waals surface area contributed by atoms with Crippen LogP contribution in [0.3, 0.4) is 0 Å². The molecule has 0 aliphatic heterocycles. The van der Waals surface area contributed by atoms with E-state index in [1.54, 1.807) is 14.0 Å². The number of methoxy groups -OCH3 is 1. The first-order valence-electron chi connectivity index (χ1n) is 6.67. The van der Waals surface area contributed by atoms with Crippen molar-refractivity contribution in [3.05, 3.63) is 10.9 Å². The Balaban J connectivity index is 1.69.